The molecular formula is C34H41ClN4O. The molecule has 1 aromatic heterocycles. The summed E-state index contributed by atoms with van der Waals surface area (Å²) >= 11 is 6.11. The largest absolute Gasteiger partial charge is 0.497 e. The van der Waals surface area contributed by atoms with E-state index in [1.54, 1.807) is 7.11 Å². The number of halogens is 1. The Bertz CT molecular complexity index is 1380. The van der Waals surface area contributed by atoms with Gasteiger partial charge in [0.25, 0.3) is 0 Å². The molecule has 0 aliphatic carbocycles. The lowest BCUT2D eigenvalue weighted by atomic mass is 9.99. The van der Waals surface area contributed by atoms with Gasteiger partial charge in [-0.2, -0.15) is 0 Å². The summed E-state index contributed by atoms with van der Waals surface area (Å²) in [5.74, 6) is 0.872. The van der Waals surface area contributed by atoms with Gasteiger partial charge in [0.05, 0.1) is 18.3 Å². The average Bonchev–Trinajstić information content (AvgIpc) is 2.98. The third-order valence-electron chi connectivity index (χ3n) is 8.02. The van der Waals surface area contributed by atoms with Crippen LogP contribution in [0.25, 0.3) is 22.0 Å². The number of unbranched alkanes of at least 4 members (excludes halogenated alkanes) is 3. The maximum atomic E-state index is 6.11. The lowest BCUT2D eigenvalue weighted by Crippen LogP contribution is -2.46. The first-order chi connectivity index (χ1) is 19.6. The predicted octanol–water partition coefficient (Wildman–Crippen LogP) is 7.66. The van der Waals surface area contributed by atoms with Gasteiger partial charge in [-0.15, -0.1) is 0 Å². The number of aromatic nitrogens is 1. The van der Waals surface area contributed by atoms with Crippen LogP contribution >= 0.6 is 11.6 Å². The number of piperazine rings is 1. The maximum absolute atomic E-state index is 6.11. The zero-order chi connectivity index (χ0) is 27.7. The molecule has 6 heteroatoms. The van der Waals surface area contributed by atoms with Crippen LogP contribution < -0.4 is 10.1 Å². The van der Waals surface area contributed by atoms with Crippen LogP contribution in [0.4, 0.5) is 5.69 Å². The number of anilines is 1. The minimum absolute atomic E-state index is 0.781. The van der Waals surface area contributed by atoms with E-state index >= 15 is 0 Å². The van der Waals surface area contributed by atoms with Crippen molar-refractivity contribution >= 4 is 28.2 Å². The number of ether oxygens (including phenoxy) is 1. The van der Waals surface area contributed by atoms with Crippen molar-refractivity contribution in [2.24, 2.45) is 0 Å². The Morgan fingerprint density at radius 3 is 2.42 bits per heavy atom. The first-order valence-corrected chi connectivity index (χ1v) is 14.9. The highest BCUT2D eigenvalue weighted by Gasteiger charge is 2.18. The van der Waals surface area contributed by atoms with Crippen LogP contribution in [0.5, 0.6) is 5.75 Å². The van der Waals surface area contributed by atoms with Crippen LogP contribution in [0.15, 0.2) is 72.9 Å². The summed E-state index contributed by atoms with van der Waals surface area (Å²) in [6.45, 7) is 9.83. The van der Waals surface area contributed by atoms with Crippen LogP contribution in [0, 0.1) is 6.92 Å². The predicted molar refractivity (Wildman–Crippen MR) is 169 cm³/mol. The Morgan fingerprint density at radius 1 is 0.875 bits per heavy atom. The first kappa shape index (κ1) is 28.4. The molecule has 1 saturated heterocycles. The summed E-state index contributed by atoms with van der Waals surface area (Å²) in [5.41, 5.74) is 7.23. The van der Waals surface area contributed by atoms with E-state index in [-0.39, 0.29) is 0 Å². The van der Waals surface area contributed by atoms with Crippen LogP contribution in [-0.2, 0) is 6.54 Å². The van der Waals surface area contributed by atoms with Gasteiger partial charge in [0.2, 0.25) is 0 Å². The zero-order valence-corrected chi connectivity index (χ0v) is 24.6. The molecular weight excluding hydrogens is 516 g/mol. The summed E-state index contributed by atoms with van der Waals surface area (Å²) in [7, 11) is 1.72. The molecule has 40 heavy (non-hydrogen) atoms. The fourth-order valence-corrected chi connectivity index (χ4v) is 5.76. The van der Waals surface area contributed by atoms with Gasteiger partial charge in [0.15, 0.2) is 0 Å². The van der Waals surface area contributed by atoms with Crippen LogP contribution in [0.3, 0.4) is 0 Å². The molecule has 0 bridgehead atoms. The Balaban J connectivity index is 1.00. The van der Waals surface area contributed by atoms with Gasteiger partial charge < -0.3 is 15.0 Å². The smallest absolute Gasteiger partial charge is 0.121 e. The summed E-state index contributed by atoms with van der Waals surface area (Å²) in [6.07, 6.45) is 6.82. The maximum Gasteiger partial charge on any atom is 0.121 e. The van der Waals surface area contributed by atoms with Crippen LogP contribution in [0.1, 0.15) is 36.8 Å². The van der Waals surface area contributed by atoms with E-state index in [1.807, 2.05) is 24.4 Å². The summed E-state index contributed by atoms with van der Waals surface area (Å²) < 4.78 is 5.52. The van der Waals surface area contributed by atoms with Gasteiger partial charge in [0, 0.05) is 61.9 Å². The molecule has 1 fully saturated rings. The Kier molecular flexibility index (Phi) is 9.93. The van der Waals surface area contributed by atoms with Crippen molar-refractivity contribution < 1.29 is 4.74 Å². The number of pyridine rings is 1. The molecule has 0 unspecified atom stereocenters. The van der Waals surface area contributed by atoms with E-state index < -0.39 is 0 Å². The highest BCUT2D eigenvalue weighted by atomic mass is 35.5. The van der Waals surface area contributed by atoms with E-state index in [9.17, 15) is 0 Å². The van der Waals surface area contributed by atoms with E-state index in [0.29, 0.717) is 0 Å². The standard InChI is InChI=1S/C34H41ClN4O/c1-26-15-17-37-34-32(26)23-30(40-2)24-33(34)36-16-7-3-4-8-18-38-19-21-39(22-20-38)25-28-9-5-6-10-31(28)27-11-13-29(35)14-12-27/h5-6,9-15,17,23-24,36H,3-4,7-8,16,18-22,25H2,1-2H3. The minimum atomic E-state index is 0.781. The summed E-state index contributed by atoms with van der Waals surface area (Å²) in [4.78, 5) is 9.84. The molecule has 0 amide bonds. The molecule has 3 aromatic carbocycles. The molecule has 0 spiro atoms. The van der Waals surface area contributed by atoms with Crippen molar-refractivity contribution in [2.75, 3.05) is 51.7 Å². The number of hydrogen-bond donors (Lipinski definition) is 1. The van der Waals surface area contributed by atoms with Crippen molar-refractivity contribution in [1.82, 2.24) is 14.8 Å². The third kappa shape index (κ3) is 7.34. The Hall–Kier alpha value is -3.12. The topological polar surface area (TPSA) is 40.6 Å². The van der Waals surface area contributed by atoms with Gasteiger partial charge in [0.1, 0.15) is 5.75 Å². The van der Waals surface area contributed by atoms with Gasteiger partial charge in [-0.1, -0.05) is 60.8 Å². The molecule has 1 N–H and O–H groups in total. The second-order valence-corrected chi connectivity index (χ2v) is 11.3. The van der Waals surface area contributed by atoms with Crippen molar-refractivity contribution in [1.29, 1.82) is 0 Å². The number of nitrogens with zero attached hydrogens (tertiary/aromatic N) is 3. The Morgan fingerprint density at radius 2 is 1.62 bits per heavy atom. The number of fused-ring (bicyclic) bond motifs is 1. The van der Waals surface area contributed by atoms with E-state index in [4.69, 9.17) is 16.3 Å². The highest BCUT2D eigenvalue weighted by Crippen LogP contribution is 2.30. The van der Waals surface area contributed by atoms with Gasteiger partial charge in [-0.25, -0.2) is 0 Å². The van der Waals surface area contributed by atoms with Gasteiger partial charge in [-0.05, 0) is 72.8 Å². The molecule has 1 aliphatic rings. The molecule has 5 nitrogen and oxygen atoms in total. The first-order valence-electron chi connectivity index (χ1n) is 14.6. The highest BCUT2D eigenvalue weighted by molar-refractivity contribution is 6.30. The minimum Gasteiger partial charge on any atom is -0.497 e. The van der Waals surface area contributed by atoms with E-state index in [2.05, 4.69) is 75.6 Å². The lowest BCUT2D eigenvalue weighted by Gasteiger charge is -2.35. The SMILES string of the molecule is COc1cc(NCCCCCCN2CCN(Cc3ccccc3-c3ccc(Cl)cc3)CC2)c2nccc(C)c2c1. The Labute approximate surface area is 244 Å². The van der Waals surface area contributed by atoms with E-state index in [1.165, 1.54) is 48.1 Å². The summed E-state index contributed by atoms with van der Waals surface area (Å²) in [5, 5.41) is 5.54. The van der Waals surface area contributed by atoms with Crippen molar-refractivity contribution in [3.63, 3.8) is 0 Å². The lowest BCUT2D eigenvalue weighted by molar-refractivity contribution is 0.125. The number of nitrogens with one attached hydrogen (secondary N) is 1. The van der Waals surface area contributed by atoms with Crippen molar-refractivity contribution in [3.05, 3.63) is 89.1 Å². The number of benzene rings is 3. The van der Waals surface area contributed by atoms with E-state index in [0.717, 1.165) is 73.1 Å². The second kappa shape index (κ2) is 14.0. The molecule has 5 rings (SSSR count). The fraction of sp³-hybridized carbons (Fsp3) is 0.382. The number of methoxy groups -OCH3 is 1. The van der Waals surface area contributed by atoms with Crippen LogP contribution in [-0.4, -0.2) is 61.2 Å². The third-order valence-corrected chi connectivity index (χ3v) is 8.27. The van der Waals surface area contributed by atoms with Gasteiger partial charge in [-0.3, -0.25) is 9.88 Å². The second-order valence-electron chi connectivity index (χ2n) is 10.8. The quantitative estimate of drug-likeness (QED) is 0.181. The molecule has 1 aliphatic heterocycles. The molecule has 210 valence electrons. The molecule has 0 radical (unpaired) electrons. The number of aryl methyl sites for hydroxylation is 1. The monoisotopic (exact) mass is 556 g/mol. The van der Waals surface area contributed by atoms with Gasteiger partial charge >= 0.3 is 0 Å². The van der Waals surface area contributed by atoms with Crippen LogP contribution in [0.2, 0.25) is 5.02 Å². The molecule has 2 heterocycles. The molecule has 0 saturated carbocycles. The number of rotatable bonds is 12. The van der Waals surface area contributed by atoms with Crippen molar-refractivity contribution in [2.45, 2.75) is 39.2 Å². The molecule has 0 atom stereocenters. The average molecular weight is 557 g/mol. The fourth-order valence-electron chi connectivity index (χ4n) is 5.63. The summed E-state index contributed by atoms with van der Waals surface area (Å²) in [6, 6.07) is 23.1. The van der Waals surface area contributed by atoms with Crippen molar-refractivity contribution in [3.8, 4) is 16.9 Å². The normalized spacial score (nSPS) is 14.5. The molecule has 4 aromatic rings. The zero-order valence-electron chi connectivity index (χ0n) is 23.8. The number of hydrogen-bond acceptors (Lipinski definition) is 5.